The molecule has 0 fully saturated rings. The van der Waals surface area contributed by atoms with Gasteiger partial charge in [0.2, 0.25) is 0 Å². The van der Waals surface area contributed by atoms with Crippen LogP contribution in [-0.4, -0.2) is 18.5 Å². The third-order valence-electron chi connectivity index (χ3n) is 3.24. The Labute approximate surface area is 115 Å². The Bertz CT molecular complexity index is 435. The fourth-order valence-electron chi connectivity index (χ4n) is 2.03. The van der Waals surface area contributed by atoms with E-state index in [-0.39, 0.29) is 11.2 Å². The average Bonchev–Trinajstić information content (AvgIpc) is 2.35. The minimum absolute atomic E-state index is 0.179. The van der Waals surface area contributed by atoms with Crippen LogP contribution in [0.5, 0.6) is 0 Å². The van der Waals surface area contributed by atoms with E-state index in [0.29, 0.717) is 0 Å². The van der Waals surface area contributed by atoms with Crippen LogP contribution >= 0.6 is 0 Å². The Kier molecular flexibility index (Phi) is 5.98. The van der Waals surface area contributed by atoms with Crippen LogP contribution in [-0.2, 0) is 6.54 Å². The fraction of sp³-hybridized carbons (Fsp3) is 0.562. The second-order valence-corrected chi connectivity index (χ2v) is 5.82. The number of nitrogens with zero attached hydrogens (tertiary/aromatic N) is 2. The second-order valence-electron chi connectivity index (χ2n) is 5.82. The Balaban J connectivity index is 2.25. The summed E-state index contributed by atoms with van der Waals surface area (Å²) < 4.78 is 13.0. The van der Waals surface area contributed by atoms with Crippen LogP contribution in [0, 0.1) is 22.6 Å². The van der Waals surface area contributed by atoms with Gasteiger partial charge in [-0.2, -0.15) is 5.26 Å². The number of benzene rings is 1. The molecule has 0 unspecified atom stereocenters. The molecular formula is C16H23FN2. The monoisotopic (exact) mass is 262 g/mol. The van der Waals surface area contributed by atoms with Crippen molar-refractivity contribution in [2.45, 2.75) is 39.7 Å². The largest absolute Gasteiger partial charge is 0.302 e. The van der Waals surface area contributed by atoms with Gasteiger partial charge in [0.05, 0.1) is 11.5 Å². The maximum Gasteiger partial charge on any atom is 0.123 e. The summed E-state index contributed by atoms with van der Waals surface area (Å²) in [5.74, 6) is -0.179. The minimum Gasteiger partial charge on any atom is -0.302 e. The predicted octanol–water partition coefficient (Wildman–Crippen LogP) is 3.98. The van der Waals surface area contributed by atoms with Crippen LogP contribution in [0.3, 0.4) is 0 Å². The van der Waals surface area contributed by atoms with E-state index in [1.165, 1.54) is 6.07 Å². The van der Waals surface area contributed by atoms with E-state index in [2.05, 4.69) is 11.0 Å². The van der Waals surface area contributed by atoms with Crippen molar-refractivity contribution in [3.8, 4) is 6.07 Å². The molecule has 3 heteroatoms. The molecular weight excluding hydrogens is 239 g/mol. The van der Waals surface area contributed by atoms with Gasteiger partial charge >= 0.3 is 0 Å². The molecule has 0 saturated carbocycles. The molecule has 0 spiro atoms. The summed E-state index contributed by atoms with van der Waals surface area (Å²) in [5.41, 5.74) is 0.779. The van der Waals surface area contributed by atoms with Crippen molar-refractivity contribution < 1.29 is 4.39 Å². The molecule has 19 heavy (non-hydrogen) atoms. The molecule has 2 nitrogen and oxygen atoms in total. The number of hydrogen-bond donors (Lipinski definition) is 0. The minimum atomic E-state index is -0.221. The average molecular weight is 262 g/mol. The summed E-state index contributed by atoms with van der Waals surface area (Å²) in [6.45, 7) is 5.68. The van der Waals surface area contributed by atoms with Gasteiger partial charge < -0.3 is 4.90 Å². The highest BCUT2D eigenvalue weighted by atomic mass is 19.1. The maximum atomic E-state index is 13.0. The lowest BCUT2D eigenvalue weighted by Crippen LogP contribution is -2.19. The van der Waals surface area contributed by atoms with Crippen LogP contribution in [0.4, 0.5) is 4.39 Å². The number of halogens is 1. The van der Waals surface area contributed by atoms with Crippen molar-refractivity contribution in [3.05, 3.63) is 35.6 Å². The number of unbranched alkanes of at least 4 members (excludes halogenated alkanes) is 1. The zero-order valence-corrected chi connectivity index (χ0v) is 12.1. The van der Waals surface area contributed by atoms with E-state index in [1.807, 2.05) is 27.0 Å². The lowest BCUT2D eigenvalue weighted by atomic mass is 9.89. The topological polar surface area (TPSA) is 27.0 Å². The highest BCUT2D eigenvalue weighted by molar-refractivity contribution is 5.15. The van der Waals surface area contributed by atoms with E-state index < -0.39 is 0 Å². The van der Waals surface area contributed by atoms with E-state index >= 15 is 0 Å². The van der Waals surface area contributed by atoms with Gasteiger partial charge in [-0.1, -0.05) is 18.6 Å². The van der Waals surface area contributed by atoms with Crippen LogP contribution in [0.1, 0.15) is 38.7 Å². The van der Waals surface area contributed by atoms with E-state index in [9.17, 15) is 4.39 Å². The molecule has 0 bridgehead atoms. The van der Waals surface area contributed by atoms with Crippen LogP contribution in [0.2, 0.25) is 0 Å². The second kappa shape index (κ2) is 7.25. The molecule has 0 N–H and O–H groups in total. The predicted molar refractivity (Wildman–Crippen MR) is 76.0 cm³/mol. The molecule has 0 aliphatic heterocycles. The Morgan fingerprint density at radius 2 is 2.05 bits per heavy atom. The van der Waals surface area contributed by atoms with Gasteiger partial charge in [-0.25, -0.2) is 4.39 Å². The highest BCUT2D eigenvalue weighted by Gasteiger charge is 2.15. The van der Waals surface area contributed by atoms with Gasteiger partial charge in [0.25, 0.3) is 0 Å². The molecule has 1 aromatic rings. The van der Waals surface area contributed by atoms with Crippen molar-refractivity contribution in [1.82, 2.24) is 4.90 Å². The van der Waals surface area contributed by atoms with Gasteiger partial charge in [-0.05, 0) is 58.0 Å². The van der Waals surface area contributed by atoms with Gasteiger partial charge in [0, 0.05) is 6.54 Å². The summed E-state index contributed by atoms with van der Waals surface area (Å²) in [5, 5.41) is 8.93. The molecule has 1 rings (SSSR count). The molecule has 104 valence electrons. The summed E-state index contributed by atoms with van der Waals surface area (Å²) >= 11 is 0. The molecule has 0 heterocycles. The molecule has 0 saturated heterocycles. The van der Waals surface area contributed by atoms with Crippen molar-refractivity contribution in [1.29, 1.82) is 5.26 Å². The number of nitriles is 1. The quantitative estimate of drug-likeness (QED) is 0.695. The van der Waals surface area contributed by atoms with Gasteiger partial charge in [-0.15, -0.1) is 0 Å². The molecule has 0 aromatic heterocycles. The summed E-state index contributed by atoms with van der Waals surface area (Å²) in [7, 11) is 2.04. The fourth-order valence-corrected chi connectivity index (χ4v) is 2.03. The normalized spacial score (nSPS) is 11.6. The third kappa shape index (κ3) is 6.35. The highest BCUT2D eigenvalue weighted by Crippen LogP contribution is 2.21. The lowest BCUT2D eigenvalue weighted by molar-refractivity contribution is 0.307. The summed E-state index contributed by atoms with van der Waals surface area (Å²) in [6, 6.07) is 9.05. The van der Waals surface area contributed by atoms with Crippen molar-refractivity contribution in [2.75, 3.05) is 13.6 Å². The summed E-state index contributed by atoms with van der Waals surface area (Å²) in [4.78, 5) is 2.19. The smallest absolute Gasteiger partial charge is 0.123 e. The Morgan fingerprint density at radius 1 is 1.32 bits per heavy atom. The Morgan fingerprint density at radius 3 is 2.68 bits per heavy atom. The number of hydrogen-bond acceptors (Lipinski definition) is 2. The summed E-state index contributed by atoms with van der Waals surface area (Å²) in [6.07, 6.45) is 3.04. The first-order valence-corrected chi connectivity index (χ1v) is 6.77. The number of rotatable bonds is 7. The first-order valence-electron chi connectivity index (χ1n) is 6.77. The zero-order valence-electron chi connectivity index (χ0n) is 12.1. The standard InChI is InChI=1S/C16H23FN2/c1-16(2,13-18)9-4-5-10-19(3)12-14-7-6-8-15(17)11-14/h6-8,11H,4-5,9-10,12H2,1-3H3. The molecule has 1 aromatic carbocycles. The lowest BCUT2D eigenvalue weighted by Gasteiger charge is -2.18. The van der Waals surface area contributed by atoms with Gasteiger partial charge in [-0.3, -0.25) is 0 Å². The first-order chi connectivity index (χ1) is 8.93. The molecule has 0 atom stereocenters. The molecule has 0 amide bonds. The van der Waals surface area contributed by atoms with Crippen molar-refractivity contribution in [3.63, 3.8) is 0 Å². The van der Waals surface area contributed by atoms with Crippen LogP contribution in [0.15, 0.2) is 24.3 Å². The van der Waals surface area contributed by atoms with E-state index in [0.717, 1.165) is 37.9 Å². The van der Waals surface area contributed by atoms with E-state index in [4.69, 9.17) is 5.26 Å². The maximum absolute atomic E-state index is 13.0. The first kappa shape index (κ1) is 15.7. The third-order valence-corrected chi connectivity index (χ3v) is 3.24. The SMILES string of the molecule is CN(CCCCC(C)(C)C#N)Cc1cccc(F)c1. The van der Waals surface area contributed by atoms with Crippen molar-refractivity contribution >= 4 is 0 Å². The van der Waals surface area contributed by atoms with Gasteiger partial charge in [0.1, 0.15) is 5.82 Å². The van der Waals surface area contributed by atoms with Gasteiger partial charge in [0.15, 0.2) is 0 Å². The Hall–Kier alpha value is -1.40. The van der Waals surface area contributed by atoms with Crippen LogP contribution < -0.4 is 0 Å². The molecule has 0 aliphatic rings. The zero-order chi connectivity index (χ0) is 14.3. The molecule has 0 radical (unpaired) electrons. The van der Waals surface area contributed by atoms with Crippen molar-refractivity contribution in [2.24, 2.45) is 5.41 Å². The molecule has 0 aliphatic carbocycles. The van der Waals surface area contributed by atoms with E-state index in [1.54, 1.807) is 12.1 Å². The van der Waals surface area contributed by atoms with Crippen LogP contribution in [0.25, 0.3) is 0 Å².